The second-order valence-electron chi connectivity index (χ2n) is 5.12. The van der Waals surface area contributed by atoms with E-state index in [-0.39, 0.29) is 17.4 Å². The molecule has 0 aliphatic heterocycles. The predicted octanol–water partition coefficient (Wildman–Crippen LogP) is 2.78. The fourth-order valence-corrected chi connectivity index (χ4v) is 2.91. The third kappa shape index (κ3) is 3.80. The normalized spacial score (nSPS) is 10.6. The molecule has 0 atom stereocenters. The van der Waals surface area contributed by atoms with Gasteiger partial charge >= 0.3 is 0 Å². The standard InChI is InChI=1S/C17H15FN4O2S/c1-24-14-8-4-11(5-9-14)15(23)10-25-17-21-20-16(22(17)19)12-2-6-13(18)7-3-12/h2-9H,10,19H2,1H3. The molecule has 0 amide bonds. The van der Waals surface area contributed by atoms with Crippen molar-refractivity contribution >= 4 is 17.5 Å². The Morgan fingerprint density at radius 3 is 2.48 bits per heavy atom. The van der Waals surface area contributed by atoms with E-state index in [1.54, 1.807) is 43.5 Å². The van der Waals surface area contributed by atoms with E-state index in [4.69, 9.17) is 10.6 Å². The molecule has 0 aliphatic carbocycles. The Kier molecular flexibility index (Phi) is 4.99. The van der Waals surface area contributed by atoms with Crippen LogP contribution in [0.25, 0.3) is 11.4 Å². The molecule has 25 heavy (non-hydrogen) atoms. The molecule has 1 aromatic heterocycles. The van der Waals surface area contributed by atoms with Gasteiger partial charge in [-0.25, -0.2) is 9.07 Å². The molecule has 0 radical (unpaired) electrons. The van der Waals surface area contributed by atoms with Crippen molar-refractivity contribution in [2.24, 2.45) is 0 Å². The summed E-state index contributed by atoms with van der Waals surface area (Å²) in [5.41, 5.74) is 1.22. The zero-order valence-electron chi connectivity index (χ0n) is 13.3. The second-order valence-corrected chi connectivity index (χ2v) is 6.07. The van der Waals surface area contributed by atoms with E-state index in [9.17, 15) is 9.18 Å². The van der Waals surface area contributed by atoms with Crippen molar-refractivity contribution in [3.05, 3.63) is 59.9 Å². The van der Waals surface area contributed by atoms with Gasteiger partial charge in [-0.15, -0.1) is 10.2 Å². The van der Waals surface area contributed by atoms with E-state index < -0.39 is 0 Å². The smallest absolute Gasteiger partial charge is 0.210 e. The van der Waals surface area contributed by atoms with Crippen molar-refractivity contribution in [3.63, 3.8) is 0 Å². The van der Waals surface area contributed by atoms with Crippen LogP contribution in [-0.4, -0.2) is 33.5 Å². The number of rotatable bonds is 6. The van der Waals surface area contributed by atoms with Crippen LogP contribution in [0, 0.1) is 5.82 Å². The van der Waals surface area contributed by atoms with Crippen LogP contribution < -0.4 is 10.6 Å². The van der Waals surface area contributed by atoms with Gasteiger partial charge in [0.05, 0.1) is 12.9 Å². The number of carbonyl (C=O) groups is 1. The van der Waals surface area contributed by atoms with Gasteiger partial charge < -0.3 is 10.6 Å². The third-order valence-electron chi connectivity index (χ3n) is 3.51. The molecule has 0 aliphatic rings. The van der Waals surface area contributed by atoms with Crippen molar-refractivity contribution < 1.29 is 13.9 Å². The first-order valence-electron chi connectivity index (χ1n) is 7.35. The number of nitrogen functional groups attached to an aromatic ring is 1. The number of carbonyl (C=O) groups excluding carboxylic acids is 1. The topological polar surface area (TPSA) is 83.0 Å². The number of thioether (sulfide) groups is 1. The molecule has 0 bridgehead atoms. The van der Waals surface area contributed by atoms with E-state index in [0.29, 0.717) is 27.9 Å². The minimum absolute atomic E-state index is 0.0565. The van der Waals surface area contributed by atoms with Crippen LogP contribution in [0.2, 0.25) is 0 Å². The molecule has 0 unspecified atom stereocenters. The van der Waals surface area contributed by atoms with Crippen LogP contribution in [0.5, 0.6) is 5.75 Å². The maximum absolute atomic E-state index is 13.0. The maximum atomic E-state index is 13.0. The third-order valence-corrected chi connectivity index (χ3v) is 4.45. The Balaban J connectivity index is 1.69. The molecule has 0 saturated carbocycles. The lowest BCUT2D eigenvalue weighted by Gasteiger charge is -2.04. The molecule has 3 aromatic rings. The number of methoxy groups -OCH3 is 1. The first-order chi connectivity index (χ1) is 12.1. The summed E-state index contributed by atoms with van der Waals surface area (Å²) in [5, 5.41) is 8.40. The van der Waals surface area contributed by atoms with Crippen LogP contribution in [0.4, 0.5) is 4.39 Å². The fourth-order valence-electron chi connectivity index (χ4n) is 2.16. The number of hydrogen-bond donors (Lipinski definition) is 1. The van der Waals surface area contributed by atoms with Crippen molar-refractivity contribution in [3.8, 4) is 17.1 Å². The van der Waals surface area contributed by atoms with Gasteiger partial charge in [0.1, 0.15) is 11.6 Å². The van der Waals surface area contributed by atoms with Gasteiger partial charge in [0.2, 0.25) is 5.16 Å². The van der Waals surface area contributed by atoms with Crippen LogP contribution in [0.3, 0.4) is 0 Å². The molecular weight excluding hydrogens is 343 g/mol. The molecule has 0 spiro atoms. The van der Waals surface area contributed by atoms with Crippen LogP contribution in [0.1, 0.15) is 10.4 Å². The monoisotopic (exact) mass is 358 g/mol. The Labute approximate surface area is 147 Å². The molecular formula is C17H15FN4O2S. The average molecular weight is 358 g/mol. The molecule has 3 rings (SSSR count). The predicted molar refractivity (Wildman–Crippen MR) is 93.6 cm³/mol. The lowest BCUT2D eigenvalue weighted by Crippen LogP contribution is -2.12. The summed E-state index contributed by atoms with van der Waals surface area (Å²) in [4.78, 5) is 12.2. The molecule has 2 aromatic carbocycles. The summed E-state index contributed by atoms with van der Waals surface area (Å²) < 4.78 is 19.4. The Hall–Kier alpha value is -2.87. The highest BCUT2D eigenvalue weighted by Crippen LogP contribution is 2.23. The highest BCUT2D eigenvalue weighted by atomic mass is 32.2. The quantitative estimate of drug-likeness (QED) is 0.414. The second kappa shape index (κ2) is 7.35. The highest BCUT2D eigenvalue weighted by Gasteiger charge is 2.14. The first kappa shape index (κ1) is 17.0. The maximum Gasteiger partial charge on any atom is 0.210 e. The Morgan fingerprint density at radius 2 is 1.84 bits per heavy atom. The first-order valence-corrected chi connectivity index (χ1v) is 8.33. The van der Waals surface area contributed by atoms with Gasteiger partial charge in [-0.1, -0.05) is 11.8 Å². The van der Waals surface area contributed by atoms with E-state index in [1.807, 2.05) is 0 Å². The zero-order valence-corrected chi connectivity index (χ0v) is 14.2. The van der Waals surface area contributed by atoms with Crippen LogP contribution in [0.15, 0.2) is 53.7 Å². The number of hydrogen-bond acceptors (Lipinski definition) is 6. The number of ether oxygens (including phenoxy) is 1. The largest absolute Gasteiger partial charge is 0.497 e. The average Bonchev–Trinajstić information content (AvgIpc) is 3.01. The Morgan fingerprint density at radius 1 is 1.16 bits per heavy atom. The number of nitrogens with two attached hydrogens (primary N) is 1. The number of benzene rings is 2. The number of nitrogens with zero attached hydrogens (tertiary/aromatic N) is 3. The molecule has 2 N–H and O–H groups in total. The summed E-state index contributed by atoms with van der Waals surface area (Å²) in [6.07, 6.45) is 0. The fraction of sp³-hybridized carbons (Fsp3) is 0.118. The van der Waals surface area contributed by atoms with Crippen molar-refractivity contribution in [1.29, 1.82) is 0 Å². The minimum Gasteiger partial charge on any atom is -0.497 e. The number of aromatic nitrogens is 3. The molecule has 128 valence electrons. The summed E-state index contributed by atoms with van der Waals surface area (Å²) in [6, 6.07) is 12.7. The summed E-state index contributed by atoms with van der Waals surface area (Å²) in [5.74, 6) is 6.85. The Bertz CT molecular complexity index is 879. The SMILES string of the molecule is COc1ccc(C(=O)CSc2nnc(-c3ccc(F)cc3)n2N)cc1. The van der Waals surface area contributed by atoms with E-state index >= 15 is 0 Å². The lowest BCUT2D eigenvalue weighted by atomic mass is 10.1. The lowest BCUT2D eigenvalue weighted by molar-refractivity contribution is 0.102. The van der Waals surface area contributed by atoms with Gasteiger partial charge in [0, 0.05) is 11.1 Å². The molecule has 0 saturated heterocycles. The van der Waals surface area contributed by atoms with Crippen molar-refractivity contribution in [2.75, 3.05) is 18.7 Å². The summed E-state index contributed by atoms with van der Waals surface area (Å²) in [6.45, 7) is 0. The minimum atomic E-state index is -0.341. The van der Waals surface area contributed by atoms with E-state index in [1.165, 1.54) is 28.6 Å². The van der Waals surface area contributed by atoms with Gasteiger partial charge in [0.15, 0.2) is 11.6 Å². The van der Waals surface area contributed by atoms with Gasteiger partial charge in [-0.3, -0.25) is 4.79 Å². The summed E-state index contributed by atoms with van der Waals surface area (Å²) >= 11 is 1.19. The van der Waals surface area contributed by atoms with Gasteiger partial charge in [0.25, 0.3) is 0 Å². The zero-order chi connectivity index (χ0) is 17.8. The molecule has 1 heterocycles. The number of halogens is 1. The van der Waals surface area contributed by atoms with E-state index in [0.717, 1.165) is 0 Å². The summed E-state index contributed by atoms with van der Waals surface area (Å²) in [7, 11) is 1.57. The van der Waals surface area contributed by atoms with Crippen LogP contribution >= 0.6 is 11.8 Å². The number of ketones is 1. The molecule has 6 nitrogen and oxygen atoms in total. The number of Topliss-reactive ketones (excluding diaryl/α,β-unsaturated/α-hetero) is 1. The van der Waals surface area contributed by atoms with Crippen LogP contribution in [-0.2, 0) is 0 Å². The molecule has 8 heteroatoms. The van der Waals surface area contributed by atoms with Gasteiger partial charge in [-0.05, 0) is 48.5 Å². The van der Waals surface area contributed by atoms with Crippen molar-refractivity contribution in [1.82, 2.24) is 14.9 Å². The molecule has 0 fully saturated rings. The van der Waals surface area contributed by atoms with E-state index in [2.05, 4.69) is 10.2 Å². The highest BCUT2D eigenvalue weighted by molar-refractivity contribution is 7.99. The van der Waals surface area contributed by atoms with Crippen molar-refractivity contribution in [2.45, 2.75) is 5.16 Å². The van der Waals surface area contributed by atoms with Gasteiger partial charge in [-0.2, -0.15) is 0 Å².